The van der Waals surface area contributed by atoms with Crippen LogP contribution in [0.1, 0.15) is 42.5 Å². The van der Waals surface area contributed by atoms with Crippen molar-refractivity contribution in [3.63, 3.8) is 0 Å². The number of allylic oxidation sites excluding steroid dienone is 1. The van der Waals surface area contributed by atoms with Crippen LogP contribution in [0.2, 0.25) is 5.02 Å². The third-order valence-corrected chi connectivity index (χ3v) is 7.50. The van der Waals surface area contributed by atoms with Gasteiger partial charge in [0.2, 0.25) is 0 Å². The quantitative estimate of drug-likeness (QED) is 0.572. The van der Waals surface area contributed by atoms with E-state index in [1.165, 1.54) is 43.7 Å². The van der Waals surface area contributed by atoms with Gasteiger partial charge in [-0.3, -0.25) is 9.10 Å². The van der Waals surface area contributed by atoms with Crippen LogP contribution in [-0.2, 0) is 10.0 Å². The molecule has 1 N–H and O–H groups in total. The minimum atomic E-state index is -3.88. The summed E-state index contributed by atoms with van der Waals surface area (Å²) in [5, 5.41) is 3.06. The normalized spacial score (nSPS) is 14.0. The zero-order valence-corrected chi connectivity index (χ0v) is 19.3. The Kier molecular flexibility index (Phi) is 7.62. The Bertz CT molecular complexity index is 1070. The average molecular weight is 463 g/mol. The maximum Gasteiger partial charge on any atom is 0.264 e. The molecule has 0 spiro atoms. The van der Waals surface area contributed by atoms with E-state index in [1.807, 2.05) is 0 Å². The molecule has 6 nitrogen and oxygen atoms in total. The van der Waals surface area contributed by atoms with Gasteiger partial charge in [0.25, 0.3) is 15.9 Å². The molecule has 8 heteroatoms. The number of sulfonamides is 1. The SMILES string of the molecule is COc1ccc(N(C)S(=O)(=O)c2ccc(Cl)c(C(=O)NCCC3=CCCCC3)c2)cc1. The van der Waals surface area contributed by atoms with Crippen LogP contribution < -0.4 is 14.4 Å². The highest BCUT2D eigenvalue weighted by Crippen LogP contribution is 2.27. The number of methoxy groups -OCH3 is 1. The second kappa shape index (κ2) is 10.2. The van der Waals surface area contributed by atoms with Gasteiger partial charge >= 0.3 is 0 Å². The summed E-state index contributed by atoms with van der Waals surface area (Å²) in [4.78, 5) is 12.7. The molecule has 0 unspecified atom stereocenters. The van der Waals surface area contributed by atoms with Gasteiger partial charge in [0.15, 0.2) is 0 Å². The van der Waals surface area contributed by atoms with Crippen molar-refractivity contribution in [2.45, 2.75) is 37.0 Å². The van der Waals surface area contributed by atoms with Crippen LogP contribution in [0.3, 0.4) is 0 Å². The molecule has 2 aromatic rings. The fourth-order valence-corrected chi connectivity index (χ4v) is 4.92. The summed E-state index contributed by atoms with van der Waals surface area (Å²) in [7, 11) is -0.872. The van der Waals surface area contributed by atoms with Gasteiger partial charge < -0.3 is 10.1 Å². The summed E-state index contributed by atoms with van der Waals surface area (Å²) in [6, 6.07) is 10.8. The Hall–Kier alpha value is -2.51. The maximum absolute atomic E-state index is 13.1. The van der Waals surface area contributed by atoms with Gasteiger partial charge in [0.1, 0.15) is 5.75 Å². The molecular formula is C23H27ClN2O4S. The monoisotopic (exact) mass is 462 g/mol. The highest BCUT2D eigenvalue weighted by Gasteiger charge is 2.24. The number of anilines is 1. The van der Waals surface area contributed by atoms with E-state index in [2.05, 4.69) is 11.4 Å². The second-order valence-electron chi connectivity index (χ2n) is 7.43. The molecule has 0 saturated carbocycles. The van der Waals surface area contributed by atoms with E-state index in [0.717, 1.165) is 23.6 Å². The molecule has 1 aliphatic rings. The molecule has 0 saturated heterocycles. The molecule has 0 heterocycles. The summed E-state index contributed by atoms with van der Waals surface area (Å²) in [5.74, 6) is 0.245. The molecule has 0 bridgehead atoms. The average Bonchev–Trinajstić information content (AvgIpc) is 2.79. The van der Waals surface area contributed by atoms with Crippen molar-refractivity contribution in [2.24, 2.45) is 0 Å². The van der Waals surface area contributed by atoms with Crippen molar-refractivity contribution >= 4 is 33.2 Å². The topological polar surface area (TPSA) is 75.7 Å². The molecular weight excluding hydrogens is 436 g/mol. The molecule has 166 valence electrons. The van der Waals surface area contributed by atoms with Crippen LogP contribution in [-0.4, -0.2) is 35.0 Å². The molecule has 31 heavy (non-hydrogen) atoms. The first-order valence-electron chi connectivity index (χ1n) is 10.2. The Balaban J connectivity index is 1.75. The van der Waals surface area contributed by atoms with Crippen LogP contribution >= 0.6 is 11.6 Å². The predicted octanol–water partition coefficient (Wildman–Crippen LogP) is 4.79. The standard InChI is InChI=1S/C23H27ClN2O4S/c1-26(18-8-10-19(30-2)11-9-18)31(28,29)20-12-13-22(24)21(16-20)23(27)25-15-14-17-6-4-3-5-7-17/h6,8-13,16H,3-5,7,14-15H2,1-2H3,(H,25,27). The van der Waals surface area contributed by atoms with Crippen molar-refractivity contribution < 1.29 is 17.9 Å². The van der Waals surface area contributed by atoms with Gasteiger partial charge in [0, 0.05) is 13.6 Å². The van der Waals surface area contributed by atoms with Crippen LogP contribution in [0.15, 0.2) is 59.0 Å². The summed E-state index contributed by atoms with van der Waals surface area (Å²) in [5.41, 5.74) is 1.97. The summed E-state index contributed by atoms with van der Waals surface area (Å²) < 4.78 is 32.5. The number of nitrogens with zero attached hydrogens (tertiary/aromatic N) is 1. The largest absolute Gasteiger partial charge is 0.497 e. The zero-order valence-electron chi connectivity index (χ0n) is 17.7. The number of nitrogens with one attached hydrogen (secondary N) is 1. The molecule has 3 rings (SSSR count). The van der Waals surface area contributed by atoms with E-state index in [0.29, 0.717) is 18.0 Å². The summed E-state index contributed by atoms with van der Waals surface area (Å²) in [6.07, 6.45) is 7.61. The van der Waals surface area contributed by atoms with Crippen LogP contribution in [0, 0.1) is 0 Å². The van der Waals surface area contributed by atoms with Crippen LogP contribution in [0.5, 0.6) is 5.75 Å². The number of ether oxygens (including phenoxy) is 1. The van der Waals surface area contributed by atoms with E-state index < -0.39 is 10.0 Å². The van der Waals surface area contributed by atoms with E-state index in [4.69, 9.17) is 16.3 Å². The van der Waals surface area contributed by atoms with Gasteiger partial charge in [-0.05, 0) is 74.6 Å². The zero-order chi connectivity index (χ0) is 22.4. The smallest absolute Gasteiger partial charge is 0.264 e. The lowest BCUT2D eigenvalue weighted by atomic mass is 9.97. The third-order valence-electron chi connectivity index (χ3n) is 5.39. The second-order valence-corrected chi connectivity index (χ2v) is 9.80. The minimum absolute atomic E-state index is 0.00430. The molecule has 0 radical (unpaired) electrons. The van der Waals surface area contributed by atoms with Crippen molar-refractivity contribution in [3.05, 3.63) is 64.7 Å². The molecule has 0 aromatic heterocycles. The van der Waals surface area contributed by atoms with Gasteiger partial charge in [-0.2, -0.15) is 0 Å². The van der Waals surface area contributed by atoms with Gasteiger partial charge in [-0.25, -0.2) is 8.42 Å². The molecule has 0 aliphatic heterocycles. The van der Waals surface area contributed by atoms with E-state index in [9.17, 15) is 13.2 Å². The van der Waals surface area contributed by atoms with Gasteiger partial charge in [-0.15, -0.1) is 0 Å². The Labute approximate surface area is 188 Å². The molecule has 2 aromatic carbocycles. The van der Waals surface area contributed by atoms with Crippen molar-refractivity contribution in [1.29, 1.82) is 0 Å². The van der Waals surface area contributed by atoms with Gasteiger partial charge in [-0.1, -0.05) is 23.3 Å². The lowest BCUT2D eigenvalue weighted by molar-refractivity contribution is 0.0954. The maximum atomic E-state index is 13.1. The molecule has 1 amide bonds. The highest BCUT2D eigenvalue weighted by molar-refractivity contribution is 7.92. The Morgan fingerprint density at radius 2 is 1.90 bits per heavy atom. The first-order valence-corrected chi connectivity index (χ1v) is 12.0. The minimum Gasteiger partial charge on any atom is -0.497 e. The fourth-order valence-electron chi connectivity index (χ4n) is 3.49. The van der Waals surface area contributed by atoms with Crippen LogP contribution in [0.4, 0.5) is 5.69 Å². The summed E-state index contributed by atoms with van der Waals surface area (Å²) in [6.45, 7) is 0.490. The number of rotatable bonds is 8. The Morgan fingerprint density at radius 1 is 1.16 bits per heavy atom. The number of hydrogen-bond acceptors (Lipinski definition) is 4. The Morgan fingerprint density at radius 3 is 2.55 bits per heavy atom. The van der Waals surface area contributed by atoms with E-state index in [-0.39, 0.29) is 21.4 Å². The fraction of sp³-hybridized carbons (Fsp3) is 0.348. The van der Waals surface area contributed by atoms with Crippen LogP contribution in [0.25, 0.3) is 0 Å². The lowest BCUT2D eigenvalue weighted by Gasteiger charge is -2.20. The molecule has 0 fully saturated rings. The number of carbonyl (C=O) groups is 1. The number of benzene rings is 2. The van der Waals surface area contributed by atoms with E-state index in [1.54, 1.807) is 31.4 Å². The predicted molar refractivity (Wildman–Crippen MR) is 124 cm³/mol. The molecule has 1 aliphatic carbocycles. The number of hydrogen-bond donors (Lipinski definition) is 1. The number of carbonyl (C=O) groups excluding carboxylic acids is 1. The number of halogens is 1. The van der Waals surface area contributed by atoms with Gasteiger partial charge in [0.05, 0.1) is 28.3 Å². The van der Waals surface area contributed by atoms with Crippen molar-refractivity contribution in [1.82, 2.24) is 5.32 Å². The van der Waals surface area contributed by atoms with Crippen molar-refractivity contribution in [3.8, 4) is 5.75 Å². The number of amides is 1. The molecule has 0 atom stereocenters. The first kappa shape index (κ1) is 23.2. The first-order chi connectivity index (χ1) is 14.8. The third kappa shape index (κ3) is 5.60. The lowest BCUT2D eigenvalue weighted by Crippen LogP contribution is -2.28. The summed E-state index contributed by atoms with van der Waals surface area (Å²) >= 11 is 6.20. The highest BCUT2D eigenvalue weighted by atomic mass is 35.5. The van der Waals surface area contributed by atoms with E-state index >= 15 is 0 Å². The van der Waals surface area contributed by atoms with Crippen molar-refractivity contribution in [2.75, 3.05) is 25.0 Å².